The van der Waals surface area contributed by atoms with Gasteiger partial charge in [0.05, 0.1) is 25.7 Å². The zero-order valence-corrected chi connectivity index (χ0v) is 29.4. The molecule has 5 rings (SSSR count). The number of likely N-dealkylation sites (tertiary alicyclic amines) is 1. The van der Waals surface area contributed by atoms with Crippen LogP contribution in [0, 0.1) is 0 Å². The first-order chi connectivity index (χ1) is 22.4. The lowest BCUT2D eigenvalue weighted by atomic mass is 9.86. The van der Waals surface area contributed by atoms with Gasteiger partial charge in [0.2, 0.25) is 5.91 Å². The van der Waals surface area contributed by atoms with Crippen molar-refractivity contribution in [2.45, 2.75) is 97.1 Å². The molecule has 2 heterocycles. The van der Waals surface area contributed by atoms with E-state index < -0.39 is 5.60 Å². The molecule has 3 aromatic rings. The lowest BCUT2D eigenvalue weighted by molar-refractivity contribution is -0.118. The zero-order valence-electron chi connectivity index (χ0n) is 28.6. The van der Waals surface area contributed by atoms with Crippen molar-refractivity contribution in [2.75, 3.05) is 25.1 Å². The van der Waals surface area contributed by atoms with Crippen LogP contribution in [-0.4, -0.2) is 54.8 Å². The van der Waals surface area contributed by atoms with E-state index in [-0.39, 0.29) is 36.6 Å². The Balaban J connectivity index is 1.37. The molecule has 0 aromatic heterocycles. The Bertz CT molecular complexity index is 1550. The third-order valence-electron chi connectivity index (χ3n) is 8.98. The second-order valence-corrected chi connectivity index (χ2v) is 14.1. The number of amides is 2. The zero-order chi connectivity index (χ0) is 33.9. The molecule has 252 valence electrons. The fourth-order valence-electron chi connectivity index (χ4n) is 6.30. The summed E-state index contributed by atoms with van der Waals surface area (Å²) in [4.78, 5) is 30.1. The van der Waals surface area contributed by atoms with Crippen molar-refractivity contribution >= 4 is 29.3 Å². The largest absolute Gasteiger partial charge is 0.493 e. The van der Waals surface area contributed by atoms with E-state index >= 15 is 0 Å². The van der Waals surface area contributed by atoms with Crippen molar-refractivity contribution < 1.29 is 23.8 Å². The Morgan fingerprint density at radius 1 is 1.00 bits per heavy atom. The van der Waals surface area contributed by atoms with Gasteiger partial charge in [0.15, 0.2) is 11.5 Å². The number of carbonyl (C=O) groups excluding carboxylic acids is 2. The predicted octanol–water partition coefficient (Wildman–Crippen LogP) is 8.25. The number of fused-ring (bicyclic) bond motifs is 1. The molecule has 1 saturated heterocycles. The second-order valence-electron chi connectivity index (χ2n) is 13.7. The van der Waals surface area contributed by atoms with E-state index in [9.17, 15) is 9.59 Å². The standard InChI is InChI=1S/C38H48ClN3O5/c1-8-24(2)46-34-23-32-28(21-33(34)45-7)22-35(43)42(36(32)27-9-13-29(39)14-10-27)31-15-11-26(12-16-31)25(3)40-30-17-19-41(20-18-30)37(44)47-38(4,5)6/h9-16,21,23-25,30,36,40H,8,17-20,22H2,1-7H3/t24-,25?,36?/m1/s1. The minimum Gasteiger partial charge on any atom is -0.493 e. The minimum atomic E-state index is -0.498. The lowest BCUT2D eigenvalue weighted by Crippen LogP contribution is -2.46. The van der Waals surface area contributed by atoms with Crippen LogP contribution in [0.2, 0.25) is 5.02 Å². The second kappa shape index (κ2) is 14.6. The molecular formula is C38H48ClN3O5. The molecule has 3 atom stereocenters. The van der Waals surface area contributed by atoms with Gasteiger partial charge in [-0.3, -0.25) is 4.79 Å². The lowest BCUT2D eigenvalue weighted by Gasteiger charge is -2.38. The summed E-state index contributed by atoms with van der Waals surface area (Å²) in [6.07, 6.45) is 2.60. The highest BCUT2D eigenvalue weighted by atomic mass is 35.5. The third-order valence-corrected chi connectivity index (χ3v) is 9.23. The molecule has 2 aliphatic rings. The number of nitrogens with zero attached hydrogens (tertiary/aromatic N) is 2. The SMILES string of the molecule is CC[C@@H](C)Oc1cc2c(cc1OC)CC(=O)N(c1ccc(C(C)NC3CCN(C(=O)OC(C)(C)C)CC3)cc1)C2c1ccc(Cl)cc1. The molecular weight excluding hydrogens is 614 g/mol. The molecule has 1 fully saturated rings. The monoisotopic (exact) mass is 661 g/mol. The van der Waals surface area contributed by atoms with E-state index in [0.29, 0.717) is 35.7 Å². The normalized spacial score (nSPS) is 18.4. The molecule has 0 radical (unpaired) electrons. The van der Waals surface area contributed by atoms with E-state index in [0.717, 1.165) is 47.2 Å². The van der Waals surface area contributed by atoms with Crippen LogP contribution in [0.25, 0.3) is 0 Å². The van der Waals surface area contributed by atoms with Crippen LogP contribution >= 0.6 is 11.6 Å². The van der Waals surface area contributed by atoms with Gasteiger partial charge >= 0.3 is 6.09 Å². The summed E-state index contributed by atoms with van der Waals surface area (Å²) in [6, 6.07) is 19.9. The number of anilines is 1. The van der Waals surface area contributed by atoms with Crippen LogP contribution in [-0.2, 0) is 16.0 Å². The molecule has 0 spiro atoms. The number of ether oxygens (including phenoxy) is 3. The van der Waals surface area contributed by atoms with Crippen molar-refractivity contribution in [1.82, 2.24) is 10.2 Å². The third kappa shape index (κ3) is 8.22. The highest BCUT2D eigenvalue weighted by Crippen LogP contribution is 2.44. The molecule has 2 amide bonds. The maximum absolute atomic E-state index is 13.9. The average molecular weight is 662 g/mol. The Labute approximate surface area is 284 Å². The maximum Gasteiger partial charge on any atom is 0.410 e. The van der Waals surface area contributed by atoms with E-state index in [2.05, 4.69) is 31.3 Å². The number of hydrogen-bond donors (Lipinski definition) is 1. The van der Waals surface area contributed by atoms with Gasteiger partial charge in [0, 0.05) is 35.9 Å². The molecule has 2 aliphatic heterocycles. The number of halogens is 1. The van der Waals surface area contributed by atoms with Gasteiger partial charge in [0.25, 0.3) is 0 Å². The van der Waals surface area contributed by atoms with Gasteiger partial charge in [0.1, 0.15) is 5.60 Å². The molecule has 0 aliphatic carbocycles. The van der Waals surface area contributed by atoms with Gasteiger partial charge in [-0.25, -0.2) is 4.79 Å². The maximum atomic E-state index is 13.9. The van der Waals surface area contributed by atoms with E-state index in [1.54, 1.807) is 12.0 Å². The van der Waals surface area contributed by atoms with Crippen molar-refractivity contribution in [3.63, 3.8) is 0 Å². The summed E-state index contributed by atoms with van der Waals surface area (Å²) < 4.78 is 17.5. The Morgan fingerprint density at radius 2 is 1.66 bits per heavy atom. The predicted molar refractivity (Wildman–Crippen MR) is 187 cm³/mol. The summed E-state index contributed by atoms with van der Waals surface area (Å²) in [7, 11) is 1.63. The molecule has 8 nitrogen and oxygen atoms in total. The van der Waals surface area contributed by atoms with Crippen LogP contribution in [0.3, 0.4) is 0 Å². The fraction of sp³-hybridized carbons (Fsp3) is 0.474. The smallest absolute Gasteiger partial charge is 0.410 e. The van der Waals surface area contributed by atoms with Crippen molar-refractivity contribution in [1.29, 1.82) is 0 Å². The van der Waals surface area contributed by atoms with E-state index in [1.807, 2.05) is 81.1 Å². The molecule has 0 bridgehead atoms. The first-order valence-electron chi connectivity index (χ1n) is 16.7. The molecule has 3 aromatic carbocycles. The van der Waals surface area contributed by atoms with Crippen LogP contribution < -0.4 is 19.7 Å². The first kappa shape index (κ1) is 34.6. The van der Waals surface area contributed by atoms with Crippen LogP contribution in [0.1, 0.15) is 95.1 Å². The van der Waals surface area contributed by atoms with Gasteiger partial charge in [-0.2, -0.15) is 0 Å². The van der Waals surface area contributed by atoms with Crippen molar-refractivity contribution in [3.05, 3.63) is 87.9 Å². The number of methoxy groups -OCH3 is 1. The molecule has 1 N–H and O–H groups in total. The number of benzene rings is 3. The topological polar surface area (TPSA) is 80.3 Å². The Hall–Kier alpha value is -3.75. The summed E-state index contributed by atoms with van der Waals surface area (Å²) in [6.45, 7) is 13.3. The minimum absolute atomic E-state index is 0.00534. The average Bonchev–Trinajstić information content (AvgIpc) is 3.04. The molecule has 9 heteroatoms. The van der Waals surface area contributed by atoms with E-state index in [4.69, 9.17) is 25.8 Å². The van der Waals surface area contributed by atoms with E-state index in [1.165, 1.54) is 0 Å². The highest BCUT2D eigenvalue weighted by Gasteiger charge is 2.36. The van der Waals surface area contributed by atoms with Gasteiger partial charge in [-0.1, -0.05) is 42.8 Å². The molecule has 2 unspecified atom stereocenters. The highest BCUT2D eigenvalue weighted by molar-refractivity contribution is 6.30. The van der Waals surface area contributed by atoms with Gasteiger partial charge in [-0.15, -0.1) is 0 Å². The van der Waals surface area contributed by atoms with Crippen LogP contribution in [0.5, 0.6) is 11.5 Å². The van der Waals surface area contributed by atoms with Crippen molar-refractivity contribution in [2.24, 2.45) is 0 Å². The molecule has 0 saturated carbocycles. The Morgan fingerprint density at radius 3 is 2.26 bits per heavy atom. The quantitative estimate of drug-likeness (QED) is 0.249. The number of nitrogens with one attached hydrogen (secondary N) is 1. The number of hydrogen-bond acceptors (Lipinski definition) is 6. The van der Waals surface area contributed by atoms with Crippen LogP contribution in [0.4, 0.5) is 10.5 Å². The van der Waals surface area contributed by atoms with Gasteiger partial charge in [-0.05, 0) is 113 Å². The number of carbonyl (C=O) groups is 2. The van der Waals surface area contributed by atoms with Gasteiger partial charge < -0.3 is 29.3 Å². The van der Waals surface area contributed by atoms with Crippen molar-refractivity contribution in [3.8, 4) is 11.5 Å². The summed E-state index contributed by atoms with van der Waals surface area (Å²) in [5.74, 6) is 1.30. The Kier molecular flexibility index (Phi) is 10.7. The summed E-state index contributed by atoms with van der Waals surface area (Å²) >= 11 is 6.29. The molecule has 47 heavy (non-hydrogen) atoms. The first-order valence-corrected chi connectivity index (χ1v) is 17.0. The van der Waals surface area contributed by atoms with Crippen LogP contribution in [0.15, 0.2) is 60.7 Å². The number of piperidine rings is 1. The number of rotatable bonds is 9. The summed E-state index contributed by atoms with van der Waals surface area (Å²) in [5.41, 5.74) is 4.34. The summed E-state index contributed by atoms with van der Waals surface area (Å²) in [5, 5.41) is 4.38. The fourth-order valence-corrected chi connectivity index (χ4v) is 6.43.